The first-order chi connectivity index (χ1) is 3.39. The summed E-state index contributed by atoms with van der Waals surface area (Å²) >= 11 is 0. The molecule has 0 atom stereocenters. The maximum Gasteiger partial charge on any atom is 0 e. The van der Waals surface area contributed by atoms with E-state index in [-0.39, 0.29) is 22.8 Å². The second kappa shape index (κ2) is 4.36. The monoisotopic (exact) mass is 157 g/mol. The van der Waals surface area contributed by atoms with E-state index in [1.54, 1.807) is 0 Å². The van der Waals surface area contributed by atoms with E-state index < -0.39 is 0 Å². The van der Waals surface area contributed by atoms with Gasteiger partial charge in [0.15, 0.2) is 0 Å². The molecule has 1 rings (SSSR count). The average molecular weight is 157 g/mol. The van der Waals surface area contributed by atoms with Crippen molar-refractivity contribution in [1.82, 2.24) is 0 Å². The SMILES string of the molecule is [Co].[NH-]C1CCCCC1. The van der Waals surface area contributed by atoms with Crippen LogP contribution in [0.25, 0.3) is 5.73 Å². The van der Waals surface area contributed by atoms with Gasteiger partial charge in [0.2, 0.25) is 0 Å². The van der Waals surface area contributed by atoms with Gasteiger partial charge in [-0.3, -0.25) is 0 Å². The fourth-order valence-electron chi connectivity index (χ4n) is 1.10. The van der Waals surface area contributed by atoms with E-state index in [2.05, 4.69) is 0 Å². The molecule has 0 amide bonds. The molecule has 0 aliphatic heterocycles. The van der Waals surface area contributed by atoms with Crippen LogP contribution in [0.2, 0.25) is 0 Å². The van der Waals surface area contributed by atoms with Gasteiger partial charge in [0.05, 0.1) is 0 Å². The van der Waals surface area contributed by atoms with E-state index in [9.17, 15) is 0 Å². The zero-order valence-corrected chi connectivity index (χ0v) is 5.99. The molecule has 0 heterocycles. The number of rotatable bonds is 0. The Morgan fingerprint density at radius 1 is 1.00 bits per heavy atom. The molecule has 1 nitrogen and oxygen atoms in total. The molecule has 1 radical (unpaired) electrons. The quantitative estimate of drug-likeness (QED) is 0.515. The van der Waals surface area contributed by atoms with E-state index in [1.165, 1.54) is 19.3 Å². The third-order valence-corrected chi connectivity index (χ3v) is 1.61. The Hall–Kier alpha value is 0.466. The van der Waals surface area contributed by atoms with Crippen LogP contribution in [0.5, 0.6) is 0 Å². The second-order valence-corrected chi connectivity index (χ2v) is 2.33. The molecule has 8 heavy (non-hydrogen) atoms. The fourth-order valence-corrected chi connectivity index (χ4v) is 1.10. The Labute approximate surface area is 61.2 Å². The molecular formula is C6H12CoN-. The second-order valence-electron chi connectivity index (χ2n) is 2.33. The van der Waals surface area contributed by atoms with Crippen molar-refractivity contribution in [3.05, 3.63) is 5.73 Å². The molecule has 1 N–H and O–H groups in total. The zero-order valence-electron chi connectivity index (χ0n) is 4.95. The Morgan fingerprint density at radius 3 is 1.75 bits per heavy atom. The van der Waals surface area contributed by atoms with Crippen LogP contribution in [0.4, 0.5) is 0 Å². The van der Waals surface area contributed by atoms with Gasteiger partial charge in [0.1, 0.15) is 0 Å². The summed E-state index contributed by atoms with van der Waals surface area (Å²) in [6, 6.07) is 0.286. The molecule has 1 saturated carbocycles. The smallest absolute Gasteiger partial charge is 0 e. The van der Waals surface area contributed by atoms with Gasteiger partial charge in [-0.2, -0.15) is 0 Å². The standard InChI is InChI=1S/C6H12N.Co/c7-6-4-2-1-3-5-6;/h6-7H,1-5H2;/q-1;. The van der Waals surface area contributed by atoms with Gasteiger partial charge in [-0.15, -0.1) is 6.04 Å². The van der Waals surface area contributed by atoms with Crippen LogP contribution < -0.4 is 0 Å². The van der Waals surface area contributed by atoms with E-state index in [4.69, 9.17) is 5.73 Å². The zero-order chi connectivity index (χ0) is 5.11. The molecule has 0 aromatic rings. The van der Waals surface area contributed by atoms with Gasteiger partial charge in [0.25, 0.3) is 0 Å². The van der Waals surface area contributed by atoms with Crippen molar-refractivity contribution >= 4 is 0 Å². The molecule has 0 saturated heterocycles. The number of nitrogens with one attached hydrogen (secondary N) is 1. The summed E-state index contributed by atoms with van der Waals surface area (Å²) < 4.78 is 0. The first kappa shape index (κ1) is 8.47. The first-order valence-corrected chi connectivity index (χ1v) is 3.11. The summed E-state index contributed by atoms with van der Waals surface area (Å²) in [5.41, 5.74) is 7.27. The molecule has 0 spiro atoms. The van der Waals surface area contributed by atoms with Gasteiger partial charge < -0.3 is 5.73 Å². The third-order valence-electron chi connectivity index (χ3n) is 1.61. The number of hydrogen-bond donors (Lipinski definition) is 0. The molecule has 2 heteroatoms. The van der Waals surface area contributed by atoms with Gasteiger partial charge in [-0.1, -0.05) is 32.1 Å². The van der Waals surface area contributed by atoms with Crippen molar-refractivity contribution in [3.8, 4) is 0 Å². The summed E-state index contributed by atoms with van der Waals surface area (Å²) in [6.45, 7) is 0. The van der Waals surface area contributed by atoms with Crippen LogP contribution in [0.3, 0.4) is 0 Å². The minimum atomic E-state index is 0. The van der Waals surface area contributed by atoms with Gasteiger partial charge in [0, 0.05) is 16.8 Å². The molecule has 51 valence electrons. The minimum Gasteiger partial charge on any atom is -0.675 e. The van der Waals surface area contributed by atoms with Crippen molar-refractivity contribution in [2.45, 2.75) is 38.1 Å². The van der Waals surface area contributed by atoms with E-state index >= 15 is 0 Å². The van der Waals surface area contributed by atoms with Crippen molar-refractivity contribution in [3.63, 3.8) is 0 Å². The van der Waals surface area contributed by atoms with E-state index in [1.807, 2.05) is 0 Å². The van der Waals surface area contributed by atoms with Crippen molar-refractivity contribution in [2.24, 2.45) is 0 Å². The van der Waals surface area contributed by atoms with Gasteiger partial charge in [-0.05, 0) is 0 Å². The maximum absolute atomic E-state index is 7.27. The Balaban J connectivity index is 0.000000490. The summed E-state index contributed by atoms with van der Waals surface area (Å²) in [4.78, 5) is 0. The molecule has 1 aliphatic rings. The Kier molecular flexibility index (Phi) is 4.61. The summed E-state index contributed by atoms with van der Waals surface area (Å²) in [6.07, 6.45) is 6.28. The maximum atomic E-state index is 7.27. The largest absolute Gasteiger partial charge is 0.675 e. The molecule has 0 aromatic heterocycles. The first-order valence-electron chi connectivity index (χ1n) is 3.11. The fraction of sp³-hybridized carbons (Fsp3) is 1.00. The third kappa shape index (κ3) is 2.70. The molecule has 0 unspecified atom stereocenters. The normalized spacial score (nSPS) is 22.1. The predicted octanol–water partition coefficient (Wildman–Crippen LogP) is 2.37. The molecular weight excluding hydrogens is 145 g/mol. The summed E-state index contributed by atoms with van der Waals surface area (Å²) in [5, 5.41) is 0. The molecule has 1 aliphatic carbocycles. The van der Waals surface area contributed by atoms with Crippen molar-refractivity contribution in [2.75, 3.05) is 0 Å². The Morgan fingerprint density at radius 2 is 1.50 bits per heavy atom. The molecule has 0 aromatic carbocycles. The summed E-state index contributed by atoms with van der Waals surface area (Å²) in [7, 11) is 0. The predicted molar refractivity (Wildman–Crippen MR) is 31.2 cm³/mol. The average Bonchev–Trinajstić information content (AvgIpc) is 1.69. The van der Waals surface area contributed by atoms with Crippen LogP contribution in [-0.4, -0.2) is 6.04 Å². The van der Waals surface area contributed by atoms with Crippen LogP contribution in [0, 0.1) is 0 Å². The number of hydrogen-bond acceptors (Lipinski definition) is 0. The van der Waals surface area contributed by atoms with Crippen LogP contribution in [0.15, 0.2) is 0 Å². The minimum absolute atomic E-state index is 0. The molecule has 1 fully saturated rings. The van der Waals surface area contributed by atoms with Gasteiger partial charge in [-0.25, -0.2) is 0 Å². The van der Waals surface area contributed by atoms with Crippen LogP contribution in [0.1, 0.15) is 32.1 Å². The van der Waals surface area contributed by atoms with Crippen LogP contribution >= 0.6 is 0 Å². The van der Waals surface area contributed by atoms with E-state index in [0.717, 1.165) is 12.8 Å². The van der Waals surface area contributed by atoms with Crippen molar-refractivity contribution in [1.29, 1.82) is 0 Å². The van der Waals surface area contributed by atoms with Crippen molar-refractivity contribution < 1.29 is 16.8 Å². The topological polar surface area (TPSA) is 23.8 Å². The summed E-state index contributed by atoms with van der Waals surface area (Å²) in [5.74, 6) is 0. The van der Waals surface area contributed by atoms with Crippen LogP contribution in [-0.2, 0) is 16.8 Å². The van der Waals surface area contributed by atoms with E-state index in [0.29, 0.717) is 0 Å². The Bertz CT molecular complexity index is 50.5. The van der Waals surface area contributed by atoms with Gasteiger partial charge >= 0.3 is 0 Å². The molecule has 0 bridgehead atoms.